The van der Waals surface area contributed by atoms with E-state index in [1.165, 1.54) is 19.1 Å². The fraction of sp³-hybridized carbons (Fsp3) is 0.364. The molecule has 3 rings (SSSR count). The first-order chi connectivity index (χ1) is 16.7. The molecule has 1 fully saturated rings. The number of anilines is 1. The van der Waals surface area contributed by atoms with Crippen LogP contribution in [0.2, 0.25) is 0 Å². The maximum Gasteiger partial charge on any atom is 0.420 e. The SMILES string of the molecule is CC(O)CN1CCN(c2cc(C(F)(F)F)cc(C(F)(F)F)c2OC(=O)NCc2ccc(F)cc2)C1=O. The Labute approximate surface area is 200 Å². The summed E-state index contributed by atoms with van der Waals surface area (Å²) in [6.45, 7) is 0.424. The number of carbonyl (C=O) groups excluding carboxylic acids is 2. The first-order valence-corrected chi connectivity index (χ1v) is 10.4. The maximum atomic E-state index is 13.8. The average molecular weight is 523 g/mol. The highest BCUT2D eigenvalue weighted by Gasteiger charge is 2.43. The summed E-state index contributed by atoms with van der Waals surface area (Å²) in [5.74, 6) is -1.86. The van der Waals surface area contributed by atoms with Crippen molar-refractivity contribution in [2.45, 2.75) is 31.9 Å². The molecular formula is C22H20F7N3O4. The Morgan fingerprint density at radius 3 is 2.28 bits per heavy atom. The van der Waals surface area contributed by atoms with E-state index >= 15 is 0 Å². The molecule has 1 atom stereocenters. The molecule has 0 aromatic heterocycles. The fourth-order valence-electron chi connectivity index (χ4n) is 3.50. The van der Waals surface area contributed by atoms with Gasteiger partial charge >= 0.3 is 24.5 Å². The van der Waals surface area contributed by atoms with Crippen molar-refractivity contribution in [3.63, 3.8) is 0 Å². The molecule has 1 saturated heterocycles. The van der Waals surface area contributed by atoms with Gasteiger partial charge in [-0.2, -0.15) is 26.3 Å². The van der Waals surface area contributed by atoms with Crippen molar-refractivity contribution in [1.29, 1.82) is 0 Å². The molecule has 1 unspecified atom stereocenters. The average Bonchev–Trinajstić information content (AvgIpc) is 3.11. The monoisotopic (exact) mass is 523 g/mol. The zero-order valence-electron chi connectivity index (χ0n) is 18.6. The molecule has 36 heavy (non-hydrogen) atoms. The van der Waals surface area contributed by atoms with Crippen molar-refractivity contribution in [1.82, 2.24) is 10.2 Å². The molecule has 1 aliphatic rings. The van der Waals surface area contributed by atoms with Gasteiger partial charge in [0.2, 0.25) is 0 Å². The summed E-state index contributed by atoms with van der Waals surface area (Å²) >= 11 is 0. The number of β-amino-alcohol motifs (C(OH)–C–C–N with tert-alkyl or cyclic N) is 1. The molecule has 7 nitrogen and oxygen atoms in total. The molecule has 2 aromatic carbocycles. The van der Waals surface area contributed by atoms with E-state index in [1.54, 1.807) is 0 Å². The van der Waals surface area contributed by atoms with E-state index in [-0.39, 0.29) is 32.2 Å². The minimum absolute atomic E-state index is 0.0997. The number of benzene rings is 2. The lowest BCUT2D eigenvalue weighted by Gasteiger charge is -2.25. The van der Waals surface area contributed by atoms with E-state index in [1.807, 2.05) is 0 Å². The molecule has 2 N–H and O–H groups in total. The van der Waals surface area contributed by atoms with Gasteiger partial charge in [0.25, 0.3) is 0 Å². The molecule has 0 bridgehead atoms. The van der Waals surface area contributed by atoms with Crippen molar-refractivity contribution in [2.24, 2.45) is 0 Å². The van der Waals surface area contributed by atoms with Gasteiger partial charge in [0.05, 0.1) is 17.4 Å². The van der Waals surface area contributed by atoms with Gasteiger partial charge in [-0.15, -0.1) is 0 Å². The minimum Gasteiger partial charge on any atom is -0.407 e. The molecule has 0 radical (unpaired) electrons. The number of nitrogens with one attached hydrogen (secondary N) is 1. The molecule has 196 valence electrons. The van der Waals surface area contributed by atoms with E-state index in [0.29, 0.717) is 16.5 Å². The summed E-state index contributed by atoms with van der Waals surface area (Å²) in [4.78, 5) is 26.7. The number of amides is 3. The lowest BCUT2D eigenvalue weighted by Crippen LogP contribution is -2.36. The van der Waals surface area contributed by atoms with Gasteiger partial charge in [-0.25, -0.2) is 14.0 Å². The molecule has 3 amide bonds. The number of rotatable bonds is 6. The van der Waals surface area contributed by atoms with Crippen molar-refractivity contribution < 1.29 is 50.2 Å². The molecule has 0 aliphatic carbocycles. The van der Waals surface area contributed by atoms with Crippen LogP contribution in [0.15, 0.2) is 36.4 Å². The number of alkyl halides is 6. The maximum absolute atomic E-state index is 13.8. The Bertz CT molecular complexity index is 1120. The second-order valence-electron chi connectivity index (χ2n) is 7.97. The van der Waals surface area contributed by atoms with Crippen LogP contribution in [0.1, 0.15) is 23.6 Å². The number of carbonyl (C=O) groups is 2. The Morgan fingerprint density at radius 1 is 1.08 bits per heavy atom. The van der Waals surface area contributed by atoms with Crippen LogP contribution in [0.25, 0.3) is 0 Å². The lowest BCUT2D eigenvalue weighted by atomic mass is 10.1. The Kier molecular flexibility index (Phi) is 7.67. The number of aliphatic hydroxyl groups is 1. The highest BCUT2D eigenvalue weighted by Crippen LogP contribution is 2.46. The van der Waals surface area contributed by atoms with Crippen LogP contribution in [0.4, 0.5) is 46.0 Å². The van der Waals surface area contributed by atoms with Crippen LogP contribution in [-0.2, 0) is 18.9 Å². The summed E-state index contributed by atoms with van der Waals surface area (Å²) in [7, 11) is 0. The Hall–Kier alpha value is -3.55. The lowest BCUT2D eigenvalue weighted by molar-refractivity contribution is -0.143. The molecule has 0 spiro atoms. The molecule has 14 heteroatoms. The third-order valence-electron chi connectivity index (χ3n) is 5.12. The van der Waals surface area contributed by atoms with Gasteiger partial charge in [-0.1, -0.05) is 12.1 Å². The van der Waals surface area contributed by atoms with Crippen LogP contribution < -0.4 is 15.0 Å². The zero-order chi connectivity index (χ0) is 26.8. The standard InChI is InChI=1S/C22H20F7N3O4/c1-12(33)11-31-6-7-32(20(31)35)17-9-14(21(24,25)26)8-16(22(27,28)29)18(17)36-19(34)30-10-13-2-4-15(23)5-3-13/h2-5,8-9,12,33H,6-7,10-11H2,1H3,(H,30,34). The van der Waals surface area contributed by atoms with Gasteiger partial charge in [0.1, 0.15) is 11.4 Å². The van der Waals surface area contributed by atoms with Gasteiger partial charge < -0.3 is 20.1 Å². The summed E-state index contributed by atoms with van der Waals surface area (Å²) in [6.07, 6.45) is -13.0. The smallest absolute Gasteiger partial charge is 0.407 e. The Morgan fingerprint density at radius 2 is 1.72 bits per heavy atom. The Balaban J connectivity index is 2.01. The van der Waals surface area contributed by atoms with Crippen LogP contribution >= 0.6 is 0 Å². The van der Waals surface area contributed by atoms with E-state index in [9.17, 15) is 45.4 Å². The quantitative estimate of drug-likeness (QED) is 0.535. The molecule has 1 aliphatic heterocycles. The van der Waals surface area contributed by atoms with Crippen molar-refractivity contribution in [3.8, 4) is 5.75 Å². The number of hydrogen-bond acceptors (Lipinski definition) is 4. The normalized spacial score (nSPS) is 15.3. The highest BCUT2D eigenvalue weighted by molar-refractivity contribution is 5.96. The first-order valence-electron chi connectivity index (χ1n) is 10.4. The molecular weight excluding hydrogens is 503 g/mol. The summed E-state index contributed by atoms with van der Waals surface area (Å²) in [5.41, 5.74) is -4.16. The predicted octanol–water partition coefficient (Wildman–Crippen LogP) is 4.77. The van der Waals surface area contributed by atoms with E-state index < -0.39 is 59.0 Å². The molecule has 1 heterocycles. The van der Waals surface area contributed by atoms with Gasteiger partial charge in [-0.05, 0) is 36.8 Å². The van der Waals surface area contributed by atoms with E-state index in [4.69, 9.17) is 4.74 Å². The van der Waals surface area contributed by atoms with Gasteiger partial charge in [0, 0.05) is 26.2 Å². The number of halogens is 7. The van der Waals surface area contributed by atoms with Crippen LogP contribution in [-0.4, -0.2) is 47.9 Å². The predicted molar refractivity (Wildman–Crippen MR) is 112 cm³/mol. The third kappa shape index (κ3) is 6.36. The van der Waals surface area contributed by atoms with E-state index in [0.717, 1.165) is 17.0 Å². The summed E-state index contributed by atoms with van der Waals surface area (Å²) in [5, 5.41) is 11.7. The zero-order valence-corrected chi connectivity index (χ0v) is 18.6. The molecule has 0 saturated carbocycles. The number of hydrogen-bond donors (Lipinski definition) is 2. The number of ether oxygens (including phenoxy) is 1. The van der Waals surface area contributed by atoms with Gasteiger partial charge in [-0.3, -0.25) is 4.90 Å². The first kappa shape index (κ1) is 27.0. The minimum atomic E-state index is -5.38. The van der Waals surface area contributed by atoms with Gasteiger partial charge in [0.15, 0.2) is 5.75 Å². The molecule has 2 aromatic rings. The van der Waals surface area contributed by atoms with E-state index in [2.05, 4.69) is 5.32 Å². The van der Waals surface area contributed by atoms with Crippen LogP contribution in [0.3, 0.4) is 0 Å². The highest BCUT2D eigenvalue weighted by atomic mass is 19.4. The third-order valence-corrected chi connectivity index (χ3v) is 5.12. The summed E-state index contributed by atoms with van der Waals surface area (Å²) < 4.78 is 99.6. The fourth-order valence-corrected chi connectivity index (χ4v) is 3.50. The van der Waals surface area contributed by atoms with Crippen molar-refractivity contribution in [2.75, 3.05) is 24.5 Å². The topological polar surface area (TPSA) is 82.1 Å². The van der Waals surface area contributed by atoms with Crippen LogP contribution in [0, 0.1) is 5.82 Å². The number of aliphatic hydroxyl groups excluding tert-OH is 1. The summed E-state index contributed by atoms with van der Waals surface area (Å²) in [6, 6.07) is 3.85. The largest absolute Gasteiger partial charge is 0.420 e. The number of urea groups is 1. The number of nitrogens with zero attached hydrogens (tertiary/aromatic N) is 2. The van der Waals surface area contributed by atoms with Crippen LogP contribution in [0.5, 0.6) is 5.75 Å². The van der Waals surface area contributed by atoms with Crippen molar-refractivity contribution >= 4 is 17.8 Å². The van der Waals surface area contributed by atoms with Crippen molar-refractivity contribution in [3.05, 3.63) is 58.9 Å². The second-order valence-corrected chi connectivity index (χ2v) is 7.97. The second kappa shape index (κ2) is 10.2.